The van der Waals surface area contributed by atoms with E-state index < -0.39 is 28.3 Å². The maximum absolute atomic E-state index is 13.6. The Bertz CT molecular complexity index is 1450. The number of nitrogens with zero attached hydrogens (tertiary/aromatic N) is 2. The van der Waals surface area contributed by atoms with E-state index in [9.17, 15) is 17.6 Å². The van der Waals surface area contributed by atoms with Crippen LogP contribution in [0.15, 0.2) is 76.7 Å². The predicted octanol–water partition coefficient (Wildman–Crippen LogP) is 3.44. The summed E-state index contributed by atoms with van der Waals surface area (Å²) >= 11 is 1.82. The number of carbonyl (C=O) groups is 1. The molecule has 0 unspecified atom stereocenters. The maximum atomic E-state index is 13.6. The Kier molecular flexibility index (Phi) is 7.70. The van der Waals surface area contributed by atoms with Crippen LogP contribution in [0, 0.1) is 5.82 Å². The van der Waals surface area contributed by atoms with E-state index in [1.54, 1.807) is 12.1 Å². The predicted molar refractivity (Wildman–Crippen MR) is 142 cm³/mol. The van der Waals surface area contributed by atoms with Crippen LogP contribution >= 0.6 is 11.8 Å². The molecule has 5 rings (SSSR count). The second-order valence-electron chi connectivity index (χ2n) is 8.44. The Morgan fingerprint density at radius 3 is 2.58 bits per heavy atom. The minimum atomic E-state index is -4.24. The van der Waals surface area contributed by atoms with Gasteiger partial charge in [-0.15, -0.1) is 0 Å². The fourth-order valence-corrected chi connectivity index (χ4v) is 5.72. The summed E-state index contributed by atoms with van der Waals surface area (Å²) in [5, 5.41) is 3.97. The van der Waals surface area contributed by atoms with E-state index in [0.29, 0.717) is 23.7 Å². The van der Waals surface area contributed by atoms with Gasteiger partial charge in [0.25, 0.3) is 15.9 Å². The van der Waals surface area contributed by atoms with Crippen molar-refractivity contribution in [2.24, 2.45) is 5.10 Å². The Labute approximate surface area is 223 Å². The minimum absolute atomic E-state index is 0.107. The maximum Gasteiger partial charge on any atom is 0.264 e. The summed E-state index contributed by atoms with van der Waals surface area (Å²) in [5.74, 6) is 2.10. The van der Waals surface area contributed by atoms with E-state index in [-0.39, 0.29) is 29.0 Å². The molecule has 198 valence electrons. The molecular formula is C26H24FN3O6S2. The Morgan fingerprint density at radius 2 is 1.84 bits per heavy atom. The average molecular weight is 558 g/mol. The number of carbonyl (C=O) groups excluding carboxylic acids is 1. The van der Waals surface area contributed by atoms with Crippen molar-refractivity contribution in [1.82, 2.24) is 5.43 Å². The van der Waals surface area contributed by atoms with Crippen molar-refractivity contribution in [3.63, 3.8) is 0 Å². The van der Waals surface area contributed by atoms with Crippen LogP contribution in [0.2, 0.25) is 0 Å². The third-order valence-electron chi connectivity index (χ3n) is 5.67. The number of hydrazone groups is 1. The second-order valence-corrected chi connectivity index (χ2v) is 11.4. The largest absolute Gasteiger partial charge is 0.489 e. The lowest BCUT2D eigenvalue weighted by Crippen LogP contribution is -2.39. The lowest BCUT2D eigenvalue weighted by Gasteiger charge is -2.25. The highest BCUT2D eigenvalue weighted by molar-refractivity contribution is 8.00. The molecule has 1 amide bonds. The van der Waals surface area contributed by atoms with Gasteiger partial charge in [-0.25, -0.2) is 18.2 Å². The number of nitrogens with one attached hydrogen (secondary N) is 1. The molecule has 1 N–H and O–H groups in total. The molecule has 2 heterocycles. The minimum Gasteiger partial charge on any atom is -0.489 e. The van der Waals surface area contributed by atoms with Gasteiger partial charge in [-0.2, -0.15) is 16.9 Å². The van der Waals surface area contributed by atoms with Crippen LogP contribution in [0.5, 0.6) is 17.2 Å². The van der Waals surface area contributed by atoms with E-state index in [1.165, 1.54) is 36.5 Å². The van der Waals surface area contributed by atoms with Crippen LogP contribution in [0.25, 0.3) is 0 Å². The average Bonchev–Trinajstić information content (AvgIpc) is 2.90. The van der Waals surface area contributed by atoms with Gasteiger partial charge in [-0.1, -0.05) is 12.1 Å². The molecule has 1 saturated heterocycles. The monoisotopic (exact) mass is 557 g/mol. The van der Waals surface area contributed by atoms with Gasteiger partial charge in [0.15, 0.2) is 11.5 Å². The number of hydrogen-bond acceptors (Lipinski definition) is 8. The van der Waals surface area contributed by atoms with Crippen molar-refractivity contribution >= 4 is 39.6 Å². The van der Waals surface area contributed by atoms with Crippen LogP contribution < -0.4 is 23.9 Å². The summed E-state index contributed by atoms with van der Waals surface area (Å²) in [4.78, 5) is 12.7. The smallest absolute Gasteiger partial charge is 0.264 e. The third kappa shape index (κ3) is 6.03. The van der Waals surface area contributed by atoms with Crippen molar-refractivity contribution in [2.75, 3.05) is 35.6 Å². The number of benzene rings is 3. The zero-order chi connectivity index (χ0) is 26.5. The van der Waals surface area contributed by atoms with Crippen molar-refractivity contribution < 1.29 is 31.8 Å². The van der Waals surface area contributed by atoms with E-state index in [0.717, 1.165) is 27.9 Å². The zero-order valence-corrected chi connectivity index (χ0v) is 21.7. The van der Waals surface area contributed by atoms with Crippen molar-refractivity contribution in [3.8, 4) is 17.2 Å². The molecule has 3 aromatic carbocycles. The summed E-state index contributed by atoms with van der Waals surface area (Å²) < 4.78 is 58.5. The standard InChI is InChI=1S/C26H24FN3O6S2/c27-19-4-6-20(7-5-19)30(38(32,33)23-8-9-24-25(13-23)35-11-10-34-24)15-26(31)29-28-14-18-2-1-3-21(12-18)36-22-16-37-17-22/h1-9,12-14,22H,10-11,15-17H2,(H,29,31). The van der Waals surface area contributed by atoms with Gasteiger partial charge in [-0.05, 0) is 54.1 Å². The Hall–Kier alpha value is -3.77. The second kappa shape index (κ2) is 11.3. The number of halogens is 1. The molecule has 12 heteroatoms. The van der Waals surface area contributed by atoms with Gasteiger partial charge < -0.3 is 14.2 Å². The van der Waals surface area contributed by atoms with E-state index in [1.807, 2.05) is 23.9 Å². The van der Waals surface area contributed by atoms with Gasteiger partial charge >= 0.3 is 0 Å². The number of fused-ring (bicyclic) bond motifs is 1. The third-order valence-corrected chi connectivity index (χ3v) is 8.66. The molecule has 0 saturated carbocycles. The molecule has 0 aromatic heterocycles. The number of hydrogen-bond donors (Lipinski definition) is 1. The number of ether oxygens (including phenoxy) is 3. The van der Waals surface area contributed by atoms with Gasteiger partial charge in [0, 0.05) is 17.6 Å². The fraction of sp³-hybridized carbons (Fsp3) is 0.231. The molecule has 38 heavy (non-hydrogen) atoms. The zero-order valence-electron chi connectivity index (χ0n) is 20.1. The fourth-order valence-electron chi connectivity index (χ4n) is 3.72. The summed E-state index contributed by atoms with van der Waals surface area (Å²) in [6, 6.07) is 16.3. The topological polar surface area (TPSA) is 107 Å². The van der Waals surface area contributed by atoms with Crippen LogP contribution in [-0.2, 0) is 14.8 Å². The van der Waals surface area contributed by atoms with Gasteiger partial charge in [0.05, 0.1) is 16.8 Å². The Morgan fingerprint density at radius 1 is 1.08 bits per heavy atom. The lowest BCUT2D eigenvalue weighted by molar-refractivity contribution is -0.119. The number of amides is 1. The van der Waals surface area contributed by atoms with Crippen LogP contribution in [0.1, 0.15) is 5.56 Å². The number of sulfonamides is 1. The Balaban J connectivity index is 1.32. The summed E-state index contributed by atoms with van der Waals surface area (Å²) in [6.07, 6.45) is 1.64. The summed E-state index contributed by atoms with van der Waals surface area (Å²) in [6.45, 7) is 0.0496. The molecule has 0 radical (unpaired) electrons. The summed E-state index contributed by atoms with van der Waals surface area (Å²) in [5.41, 5.74) is 3.17. The molecule has 1 fully saturated rings. The van der Waals surface area contributed by atoms with E-state index in [4.69, 9.17) is 14.2 Å². The van der Waals surface area contributed by atoms with Gasteiger partial charge in [0.1, 0.15) is 37.4 Å². The first-order valence-corrected chi connectivity index (χ1v) is 14.3. The van der Waals surface area contributed by atoms with E-state index >= 15 is 0 Å². The molecule has 2 aliphatic rings. The molecule has 9 nitrogen and oxygen atoms in total. The quantitative estimate of drug-likeness (QED) is 0.317. The lowest BCUT2D eigenvalue weighted by atomic mass is 10.2. The SMILES string of the molecule is O=C(CN(c1ccc(F)cc1)S(=O)(=O)c1ccc2c(c1)OCCO2)NN=Cc1cccc(OC2CSC2)c1. The molecule has 0 bridgehead atoms. The number of thioether (sulfide) groups is 1. The molecule has 0 spiro atoms. The number of rotatable bonds is 9. The van der Waals surface area contributed by atoms with Crippen LogP contribution in [0.4, 0.5) is 10.1 Å². The van der Waals surface area contributed by atoms with Crippen molar-refractivity contribution in [3.05, 3.63) is 78.1 Å². The van der Waals surface area contributed by atoms with Gasteiger partial charge in [-0.3, -0.25) is 9.10 Å². The first-order valence-electron chi connectivity index (χ1n) is 11.7. The van der Waals surface area contributed by atoms with Gasteiger partial charge in [0.2, 0.25) is 0 Å². The molecule has 0 atom stereocenters. The molecule has 0 aliphatic carbocycles. The van der Waals surface area contributed by atoms with Crippen LogP contribution in [-0.4, -0.2) is 57.9 Å². The first kappa shape index (κ1) is 25.9. The van der Waals surface area contributed by atoms with Crippen molar-refractivity contribution in [1.29, 1.82) is 0 Å². The van der Waals surface area contributed by atoms with Crippen molar-refractivity contribution in [2.45, 2.75) is 11.0 Å². The highest BCUT2D eigenvalue weighted by Gasteiger charge is 2.29. The molecule has 3 aromatic rings. The highest BCUT2D eigenvalue weighted by atomic mass is 32.2. The molecular weight excluding hydrogens is 533 g/mol. The highest BCUT2D eigenvalue weighted by Crippen LogP contribution is 2.34. The summed E-state index contributed by atoms with van der Waals surface area (Å²) in [7, 11) is -4.24. The first-order chi connectivity index (χ1) is 18.4. The van der Waals surface area contributed by atoms with Crippen LogP contribution in [0.3, 0.4) is 0 Å². The molecule has 2 aliphatic heterocycles. The normalized spacial score (nSPS) is 15.1. The number of anilines is 1. The van der Waals surface area contributed by atoms with E-state index in [2.05, 4.69) is 10.5 Å².